The molecule has 114 valence electrons. The van der Waals surface area contributed by atoms with E-state index in [1.807, 2.05) is 13.8 Å². The van der Waals surface area contributed by atoms with E-state index in [-0.39, 0.29) is 12.5 Å². The van der Waals surface area contributed by atoms with Crippen molar-refractivity contribution < 1.29 is 19.1 Å². The molecule has 0 bridgehead atoms. The van der Waals surface area contributed by atoms with Crippen LogP contribution >= 0.6 is 0 Å². The molecule has 1 heterocycles. The van der Waals surface area contributed by atoms with Gasteiger partial charge in [-0.25, -0.2) is 0 Å². The third-order valence-electron chi connectivity index (χ3n) is 3.87. The van der Waals surface area contributed by atoms with Crippen molar-refractivity contribution in [1.82, 2.24) is 0 Å². The van der Waals surface area contributed by atoms with Gasteiger partial charge in [0, 0.05) is 11.8 Å². The summed E-state index contributed by atoms with van der Waals surface area (Å²) >= 11 is 0. The fourth-order valence-electron chi connectivity index (χ4n) is 2.49. The summed E-state index contributed by atoms with van der Waals surface area (Å²) in [6.07, 6.45) is 1.02. The minimum atomic E-state index is -0.963. The Hall–Kier alpha value is -2.24. The number of nitrogens with two attached hydrogens (primary N) is 1. The maximum Gasteiger partial charge on any atom is 0.325 e. The molecule has 6 heteroatoms. The van der Waals surface area contributed by atoms with Gasteiger partial charge in [-0.05, 0) is 25.0 Å². The summed E-state index contributed by atoms with van der Waals surface area (Å²) in [5.74, 6) is -0.188. The summed E-state index contributed by atoms with van der Waals surface area (Å²) in [6.45, 7) is 3.63. The maximum atomic E-state index is 12.8. The number of fused-ring (bicyclic) bond motifs is 1. The SMILES string of the molecule is CCC1(CC)Oc2cc(N)ccc2N(CC(=O)OC)C1=O. The highest BCUT2D eigenvalue weighted by Crippen LogP contribution is 2.41. The largest absolute Gasteiger partial charge is 0.475 e. The molecule has 2 N–H and O–H groups in total. The van der Waals surface area contributed by atoms with Gasteiger partial charge in [0.15, 0.2) is 5.60 Å². The van der Waals surface area contributed by atoms with Crippen LogP contribution < -0.4 is 15.4 Å². The topological polar surface area (TPSA) is 81.9 Å². The van der Waals surface area contributed by atoms with E-state index < -0.39 is 11.6 Å². The summed E-state index contributed by atoms with van der Waals surface area (Å²) in [6, 6.07) is 5.03. The Labute approximate surface area is 123 Å². The second-order valence-corrected chi connectivity index (χ2v) is 5.00. The van der Waals surface area contributed by atoms with Crippen LogP contribution in [-0.4, -0.2) is 31.1 Å². The monoisotopic (exact) mass is 292 g/mol. The molecule has 1 amide bonds. The molecule has 0 fully saturated rings. The maximum absolute atomic E-state index is 12.8. The van der Waals surface area contributed by atoms with Crippen molar-refractivity contribution in [3.05, 3.63) is 18.2 Å². The molecule has 1 aliphatic rings. The van der Waals surface area contributed by atoms with E-state index in [9.17, 15) is 9.59 Å². The van der Waals surface area contributed by atoms with E-state index in [2.05, 4.69) is 4.74 Å². The first-order chi connectivity index (χ1) is 9.97. The van der Waals surface area contributed by atoms with Crippen molar-refractivity contribution in [3.63, 3.8) is 0 Å². The number of esters is 1. The molecule has 0 atom stereocenters. The van der Waals surface area contributed by atoms with E-state index in [4.69, 9.17) is 10.5 Å². The first kappa shape index (κ1) is 15.2. The van der Waals surface area contributed by atoms with Crippen LogP contribution in [0.4, 0.5) is 11.4 Å². The lowest BCUT2D eigenvalue weighted by atomic mass is 9.92. The molecular formula is C15H20N2O4. The van der Waals surface area contributed by atoms with Gasteiger partial charge >= 0.3 is 5.97 Å². The summed E-state index contributed by atoms with van der Waals surface area (Å²) < 4.78 is 10.6. The number of methoxy groups -OCH3 is 1. The van der Waals surface area contributed by atoms with E-state index in [0.29, 0.717) is 30.0 Å². The Morgan fingerprint density at radius 1 is 1.38 bits per heavy atom. The fraction of sp³-hybridized carbons (Fsp3) is 0.467. The standard InChI is InChI=1S/C15H20N2O4/c1-4-15(5-2)14(19)17(9-13(18)20-3)11-7-6-10(16)8-12(11)21-15/h6-8H,4-5,9,16H2,1-3H3. The van der Waals surface area contributed by atoms with Crippen LogP contribution in [0.3, 0.4) is 0 Å². The summed E-state index contributed by atoms with van der Waals surface area (Å²) in [5.41, 5.74) is 5.91. The van der Waals surface area contributed by atoms with Crippen LogP contribution in [0.1, 0.15) is 26.7 Å². The van der Waals surface area contributed by atoms with Gasteiger partial charge in [-0.2, -0.15) is 0 Å². The van der Waals surface area contributed by atoms with Crippen molar-refractivity contribution in [2.75, 3.05) is 24.3 Å². The number of carbonyl (C=O) groups excluding carboxylic acids is 2. The van der Waals surface area contributed by atoms with Crippen molar-refractivity contribution in [3.8, 4) is 5.75 Å². The molecule has 1 aliphatic heterocycles. The molecular weight excluding hydrogens is 272 g/mol. The van der Waals surface area contributed by atoms with Gasteiger partial charge in [0.2, 0.25) is 0 Å². The van der Waals surface area contributed by atoms with Gasteiger partial charge in [0.25, 0.3) is 5.91 Å². The lowest BCUT2D eigenvalue weighted by Gasteiger charge is -2.41. The average Bonchev–Trinajstić information content (AvgIpc) is 2.49. The molecule has 0 aromatic heterocycles. The lowest BCUT2D eigenvalue weighted by Crippen LogP contribution is -2.56. The average molecular weight is 292 g/mol. The molecule has 0 saturated carbocycles. The van der Waals surface area contributed by atoms with Gasteiger partial charge in [-0.15, -0.1) is 0 Å². The number of anilines is 2. The minimum Gasteiger partial charge on any atom is -0.475 e. The molecule has 0 radical (unpaired) electrons. The molecule has 0 saturated heterocycles. The zero-order chi connectivity index (χ0) is 15.6. The van der Waals surface area contributed by atoms with E-state index in [1.54, 1.807) is 18.2 Å². The van der Waals surface area contributed by atoms with Crippen LogP contribution in [0, 0.1) is 0 Å². The number of rotatable bonds is 4. The highest BCUT2D eigenvalue weighted by Gasteiger charge is 2.46. The number of ether oxygens (including phenoxy) is 2. The van der Waals surface area contributed by atoms with E-state index in [0.717, 1.165) is 0 Å². The zero-order valence-corrected chi connectivity index (χ0v) is 12.5. The predicted octanol–water partition coefficient (Wildman–Crippen LogP) is 1.73. The Kier molecular flexibility index (Phi) is 4.06. The lowest BCUT2D eigenvalue weighted by molar-refractivity contribution is -0.143. The molecule has 1 aromatic carbocycles. The fourth-order valence-corrected chi connectivity index (χ4v) is 2.49. The van der Waals surface area contributed by atoms with Crippen molar-refractivity contribution >= 4 is 23.3 Å². The van der Waals surface area contributed by atoms with Crippen LogP contribution in [0.5, 0.6) is 5.75 Å². The normalized spacial score (nSPS) is 16.1. The first-order valence-electron chi connectivity index (χ1n) is 6.94. The number of hydrogen-bond donors (Lipinski definition) is 1. The number of nitrogen functional groups attached to an aromatic ring is 1. The highest BCUT2D eigenvalue weighted by atomic mass is 16.5. The second-order valence-electron chi connectivity index (χ2n) is 5.00. The molecule has 0 aliphatic carbocycles. The highest BCUT2D eigenvalue weighted by molar-refractivity contribution is 6.05. The Balaban J connectivity index is 2.51. The van der Waals surface area contributed by atoms with Crippen LogP contribution in [0.2, 0.25) is 0 Å². The van der Waals surface area contributed by atoms with Gasteiger partial charge < -0.3 is 15.2 Å². The molecule has 2 rings (SSSR count). The molecule has 1 aromatic rings. The number of benzene rings is 1. The van der Waals surface area contributed by atoms with Crippen molar-refractivity contribution in [2.45, 2.75) is 32.3 Å². The van der Waals surface area contributed by atoms with Crippen molar-refractivity contribution in [1.29, 1.82) is 0 Å². The van der Waals surface area contributed by atoms with Crippen LogP contribution in [0.25, 0.3) is 0 Å². The van der Waals surface area contributed by atoms with Gasteiger partial charge in [0.05, 0.1) is 12.8 Å². The number of carbonyl (C=O) groups is 2. The second kappa shape index (κ2) is 5.63. The molecule has 0 unspecified atom stereocenters. The summed E-state index contributed by atoms with van der Waals surface area (Å²) in [5, 5.41) is 0. The minimum absolute atomic E-state index is 0.142. The van der Waals surface area contributed by atoms with E-state index >= 15 is 0 Å². The number of hydrogen-bond acceptors (Lipinski definition) is 5. The van der Waals surface area contributed by atoms with Crippen LogP contribution in [-0.2, 0) is 14.3 Å². The summed E-state index contributed by atoms with van der Waals surface area (Å²) in [4.78, 5) is 25.8. The Bertz CT molecular complexity index is 567. The predicted molar refractivity (Wildman–Crippen MR) is 79.2 cm³/mol. The van der Waals surface area contributed by atoms with Crippen molar-refractivity contribution in [2.24, 2.45) is 0 Å². The Morgan fingerprint density at radius 2 is 2.05 bits per heavy atom. The zero-order valence-electron chi connectivity index (χ0n) is 12.5. The molecule has 6 nitrogen and oxygen atoms in total. The molecule has 0 spiro atoms. The third-order valence-corrected chi connectivity index (χ3v) is 3.87. The van der Waals surface area contributed by atoms with E-state index in [1.165, 1.54) is 12.0 Å². The van der Waals surface area contributed by atoms with Gasteiger partial charge in [-0.3, -0.25) is 14.5 Å². The first-order valence-corrected chi connectivity index (χ1v) is 6.94. The number of amides is 1. The van der Waals surface area contributed by atoms with Crippen LogP contribution in [0.15, 0.2) is 18.2 Å². The third kappa shape index (κ3) is 2.53. The van der Waals surface area contributed by atoms with Gasteiger partial charge in [-0.1, -0.05) is 13.8 Å². The quantitative estimate of drug-likeness (QED) is 0.675. The molecule has 21 heavy (non-hydrogen) atoms. The smallest absolute Gasteiger partial charge is 0.325 e. The number of nitrogens with zero attached hydrogens (tertiary/aromatic N) is 1. The van der Waals surface area contributed by atoms with Gasteiger partial charge in [0.1, 0.15) is 12.3 Å². The Morgan fingerprint density at radius 3 is 2.62 bits per heavy atom. The summed E-state index contributed by atoms with van der Waals surface area (Å²) in [7, 11) is 1.30.